The van der Waals surface area contributed by atoms with Crippen LogP contribution in [0, 0.1) is 0 Å². The molecule has 0 fully saturated rings. The minimum Gasteiger partial charge on any atom is -0.144 e. The molecular weight excluding hydrogens is 152 g/mol. The first-order chi connectivity index (χ1) is 5.24. The van der Waals surface area contributed by atoms with E-state index < -0.39 is 0 Å². The Morgan fingerprint density at radius 3 is 2.82 bits per heavy atom. The second-order valence-corrected chi connectivity index (χ2v) is 3.43. The molecule has 0 nitrogen and oxygen atoms in total. The van der Waals surface area contributed by atoms with E-state index in [0.717, 1.165) is 5.22 Å². The highest BCUT2D eigenvalue weighted by Gasteiger charge is 1.83. The van der Waals surface area contributed by atoms with Crippen molar-refractivity contribution in [3.8, 4) is 0 Å². The van der Waals surface area contributed by atoms with Gasteiger partial charge in [-0.1, -0.05) is 18.2 Å². The van der Waals surface area contributed by atoms with Gasteiger partial charge in [-0.3, -0.25) is 0 Å². The Balaban J connectivity index is 3.21. The lowest BCUT2D eigenvalue weighted by molar-refractivity contribution is 1.52. The van der Waals surface area contributed by atoms with Crippen LogP contribution in [0.1, 0.15) is 13.8 Å². The first-order valence-electron chi connectivity index (χ1n) is 3.61. The van der Waals surface area contributed by atoms with Gasteiger partial charge in [-0.2, -0.15) is 0 Å². The highest BCUT2D eigenvalue weighted by Crippen LogP contribution is 1.92. The van der Waals surface area contributed by atoms with E-state index in [1.807, 2.05) is 13.0 Å². The van der Waals surface area contributed by atoms with Crippen LogP contribution in [0.15, 0.2) is 23.1 Å². The summed E-state index contributed by atoms with van der Waals surface area (Å²) in [7, 11) is 0. The molecule has 0 aliphatic rings. The summed E-state index contributed by atoms with van der Waals surface area (Å²) in [5, 5.41) is 3.19. The fraction of sp³-hybridized carbons (Fsp3) is 0.200. The maximum absolute atomic E-state index is 3.92. The molecule has 0 bridgehead atoms. The number of rotatable bonds is 1. The van der Waals surface area contributed by atoms with Gasteiger partial charge in [-0.15, -0.1) is 11.3 Å². The van der Waals surface area contributed by atoms with E-state index >= 15 is 0 Å². The number of hydrogen-bond acceptors (Lipinski definition) is 1. The molecular formula is C10H12S. The molecule has 0 radical (unpaired) electrons. The molecule has 58 valence electrons. The van der Waals surface area contributed by atoms with Gasteiger partial charge in [0.1, 0.15) is 0 Å². The van der Waals surface area contributed by atoms with Gasteiger partial charge < -0.3 is 0 Å². The molecule has 0 spiro atoms. The van der Waals surface area contributed by atoms with Crippen LogP contribution in [-0.2, 0) is 0 Å². The fourth-order valence-corrected chi connectivity index (χ4v) is 1.62. The monoisotopic (exact) mass is 164 g/mol. The Hall–Kier alpha value is -0.820. The average molecular weight is 164 g/mol. The second kappa shape index (κ2) is 3.54. The third kappa shape index (κ3) is 2.05. The largest absolute Gasteiger partial charge is 0.144 e. The van der Waals surface area contributed by atoms with Crippen LogP contribution in [-0.4, -0.2) is 0 Å². The zero-order valence-corrected chi connectivity index (χ0v) is 7.74. The third-order valence-corrected chi connectivity index (χ3v) is 2.50. The van der Waals surface area contributed by atoms with Crippen LogP contribution in [0.25, 0.3) is 12.7 Å². The van der Waals surface area contributed by atoms with Crippen LogP contribution in [0.3, 0.4) is 0 Å². The molecule has 1 heterocycles. The highest BCUT2D eigenvalue weighted by atomic mass is 32.1. The lowest BCUT2D eigenvalue weighted by atomic mass is 10.3. The molecule has 0 saturated carbocycles. The number of allylic oxidation sites excluding steroid dienone is 2. The first kappa shape index (κ1) is 8.28. The van der Waals surface area contributed by atoms with E-state index in [1.165, 1.54) is 10.1 Å². The molecule has 0 atom stereocenters. The molecule has 1 rings (SSSR count). The molecule has 0 amide bonds. The standard InChI is InChI=1S/C10H12S/c1-4-8(2)7-10-9(3)5-6-11-10/h4-7H,3H2,1-2H3/b8-4-,10-7+. The van der Waals surface area contributed by atoms with Crippen LogP contribution in [0.4, 0.5) is 0 Å². The van der Waals surface area contributed by atoms with E-state index in [-0.39, 0.29) is 0 Å². The average Bonchev–Trinajstić information content (AvgIpc) is 2.37. The highest BCUT2D eigenvalue weighted by molar-refractivity contribution is 7.07. The molecule has 0 aliphatic heterocycles. The molecule has 0 N–H and O–H groups in total. The van der Waals surface area contributed by atoms with Gasteiger partial charge >= 0.3 is 0 Å². The first-order valence-corrected chi connectivity index (χ1v) is 4.49. The summed E-state index contributed by atoms with van der Waals surface area (Å²) in [6.07, 6.45) is 4.26. The van der Waals surface area contributed by atoms with Crippen molar-refractivity contribution < 1.29 is 0 Å². The van der Waals surface area contributed by atoms with Crippen LogP contribution >= 0.6 is 11.3 Å². The topological polar surface area (TPSA) is 0 Å². The summed E-state index contributed by atoms with van der Waals surface area (Å²) >= 11 is 1.73. The number of hydrogen-bond donors (Lipinski definition) is 0. The molecule has 11 heavy (non-hydrogen) atoms. The van der Waals surface area contributed by atoms with E-state index in [0.29, 0.717) is 0 Å². The van der Waals surface area contributed by atoms with E-state index in [2.05, 4.69) is 31.0 Å². The van der Waals surface area contributed by atoms with Gasteiger partial charge in [0.25, 0.3) is 0 Å². The summed E-state index contributed by atoms with van der Waals surface area (Å²) in [4.78, 5) is 0. The van der Waals surface area contributed by atoms with Gasteiger partial charge in [0.2, 0.25) is 0 Å². The Labute approximate surface area is 71.2 Å². The third-order valence-electron chi connectivity index (χ3n) is 1.59. The van der Waals surface area contributed by atoms with Crippen molar-refractivity contribution in [2.24, 2.45) is 0 Å². The zero-order chi connectivity index (χ0) is 8.27. The molecule has 0 saturated heterocycles. The number of thiophene rings is 1. The lowest BCUT2D eigenvalue weighted by Gasteiger charge is -1.84. The second-order valence-electron chi connectivity index (χ2n) is 2.49. The predicted molar refractivity (Wildman–Crippen MR) is 53.0 cm³/mol. The van der Waals surface area contributed by atoms with Gasteiger partial charge in [0.05, 0.1) is 0 Å². The Kier molecular flexibility index (Phi) is 2.66. The molecule has 1 heteroatoms. The SMILES string of the molecule is C=c1ccs/c1=C/C(C)=C\C. The Morgan fingerprint density at radius 1 is 1.64 bits per heavy atom. The summed E-state index contributed by atoms with van der Waals surface area (Å²) in [5.41, 5.74) is 1.29. The lowest BCUT2D eigenvalue weighted by Crippen LogP contribution is -2.14. The molecule has 1 aromatic rings. The summed E-state index contributed by atoms with van der Waals surface area (Å²) in [6.45, 7) is 8.06. The van der Waals surface area contributed by atoms with Crippen molar-refractivity contribution in [1.29, 1.82) is 0 Å². The molecule has 0 unspecified atom stereocenters. The van der Waals surface area contributed by atoms with Crippen LogP contribution in [0.5, 0.6) is 0 Å². The van der Waals surface area contributed by atoms with Gasteiger partial charge in [0.15, 0.2) is 0 Å². The minimum absolute atomic E-state index is 1.12. The van der Waals surface area contributed by atoms with Gasteiger partial charge in [-0.25, -0.2) is 0 Å². The van der Waals surface area contributed by atoms with Crippen molar-refractivity contribution in [2.45, 2.75) is 13.8 Å². The maximum atomic E-state index is 3.92. The quantitative estimate of drug-likeness (QED) is 0.595. The Bertz CT molecular complexity index is 354. The minimum atomic E-state index is 1.12. The summed E-state index contributed by atoms with van der Waals surface area (Å²) in [6, 6.07) is 2.04. The zero-order valence-electron chi connectivity index (χ0n) is 6.92. The van der Waals surface area contributed by atoms with E-state index in [4.69, 9.17) is 0 Å². The summed E-state index contributed by atoms with van der Waals surface area (Å²) in [5.74, 6) is 0. The van der Waals surface area contributed by atoms with Crippen molar-refractivity contribution >= 4 is 24.0 Å². The van der Waals surface area contributed by atoms with Crippen molar-refractivity contribution in [3.63, 3.8) is 0 Å². The predicted octanol–water partition coefficient (Wildman–Crippen LogP) is 1.91. The van der Waals surface area contributed by atoms with Crippen molar-refractivity contribution in [1.82, 2.24) is 0 Å². The van der Waals surface area contributed by atoms with Crippen molar-refractivity contribution in [3.05, 3.63) is 32.8 Å². The summed E-state index contributed by atoms with van der Waals surface area (Å²) < 4.78 is 1.26. The smallest absolute Gasteiger partial charge is 0.0339 e. The fourth-order valence-electron chi connectivity index (χ4n) is 0.764. The van der Waals surface area contributed by atoms with Crippen LogP contribution < -0.4 is 9.75 Å². The molecule has 0 aromatic carbocycles. The van der Waals surface area contributed by atoms with Gasteiger partial charge in [-0.05, 0) is 36.6 Å². The van der Waals surface area contributed by atoms with E-state index in [9.17, 15) is 0 Å². The van der Waals surface area contributed by atoms with Gasteiger partial charge in [0, 0.05) is 4.53 Å². The van der Waals surface area contributed by atoms with Crippen molar-refractivity contribution in [2.75, 3.05) is 0 Å². The molecule has 0 aliphatic carbocycles. The Morgan fingerprint density at radius 2 is 2.36 bits per heavy atom. The molecule has 1 aromatic heterocycles. The van der Waals surface area contributed by atoms with E-state index in [1.54, 1.807) is 11.3 Å². The maximum Gasteiger partial charge on any atom is 0.0339 e. The normalized spacial score (nSPS) is 14.0. The van der Waals surface area contributed by atoms with Crippen LogP contribution in [0.2, 0.25) is 0 Å².